The highest BCUT2D eigenvalue weighted by Crippen LogP contribution is 2.28. The number of aryl methyl sites for hydroxylation is 1. The first-order valence-electron chi connectivity index (χ1n) is 9.64. The van der Waals surface area contributed by atoms with E-state index in [1.165, 1.54) is 0 Å². The highest BCUT2D eigenvalue weighted by molar-refractivity contribution is 6.31. The average molecular weight is 383 g/mol. The van der Waals surface area contributed by atoms with Gasteiger partial charge < -0.3 is 19.5 Å². The first-order valence-corrected chi connectivity index (χ1v) is 10.0. The molecule has 6 nitrogen and oxygen atoms in total. The van der Waals surface area contributed by atoms with Gasteiger partial charge in [-0.05, 0) is 38.3 Å². The topological polar surface area (TPSA) is 52.0 Å². The fourth-order valence-electron chi connectivity index (χ4n) is 4.37. The summed E-state index contributed by atoms with van der Waals surface area (Å²) in [6, 6.07) is 2.26. The van der Waals surface area contributed by atoms with E-state index in [-0.39, 0.29) is 12.5 Å². The Labute approximate surface area is 161 Å². The minimum atomic E-state index is 0.0604. The van der Waals surface area contributed by atoms with E-state index in [0.29, 0.717) is 22.7 Å². The van der Waals surface area contributed by atoms with Crippen molar-refractivity contribution in [3.05, 3.63) is 23.0 Å². The van der Waals surface area contributed by atoms with E-state index in [2.05, 4.69) is 16.8 Å². The van der Waals surface area contributed by atoms with E-state index in [9.17, 15) is 9.90 Å². The molecule has 1 N–H and O–H groups in total. The Balaban J connectivity index is 1.69. The Hall–Kier alpha value is -1.08. The molecular formula is C19H31ClN4O2. The number of rotatable bonds is 5. The van der Waals surface area contributed by atoms with Crippen molar-refractivity contribution >= 4 is 17.5 Å². The highest BCUT2D eigenvalue weighted by atomic mass is 35.5. The molecule has 2 fully saturated rings. The SMILES string of the molecule is CN1CCN(C2CCN(C(=O)c3cc(Cl)cn3C)CC2CCCO)CC1. The number of hydrogen-bond donors (Lipinski definition) is 1. The van der Waals surface area contributed by atoms with Crippen LogP contribution in [-0.4, -0.2) is 89.2 Å². The number of carbonyl (C=O) groups is 1. The van der Waals surface area contributed by atoms with Crippen LogP contribution in [0.15, 0.2) is 12.3 Å². The van der Waals surface area contributed by atoms with Crippen LogP contribution in [-0.2, 0) is 7.05 Å². The lowest BCUT2D eigenvalue weighted by Crippen LogP contribution is -2.57. The Morgan fingerprint density at radius 1 is 1.23 bits per heavy atom. The van der Waals surface area contributed by atoms with Crippen LogP contribution in [0.5, 0.6) is 0 Å². The van der Waals surface area contributed by atoms with E-state index in [1.54, 1.807) is 16.8 Å². The van der Waals surface area contributed by atoms with Gasteiger partial charge in [0.1, 0.15) is 5.69 Å². The number of hydrogen-bond acceptors (Lipinski definition) is 4. The van der Waals surface area contributed by atoms with Crippen molar-refractivity contribution in [2.24, 2.45) is 13.0 Å². The third-order valence-electron chi connectivity index (χ3n) is 5.91. The number of piperidine rings is 1. The summed E-state index contributed by atoms with van der Waals surface area (Å²) in [7, 11) is 4.03. The van der Waals surface area contributed by atoms with Gasteiger partial charge in [-0.15, -0.1) is 0 Å². The first-order chi connectivity index (χ1) is 12.5. The molecule has 2 saturated heterocycles. The summed E-state index contributed by atoms with van der Waals surface area (Å²) in [4.78, 5) is 19.9. The smallest absolute Gasteiger partial charge is 0.270 e. The fourth-order valence-corrected chi connectivity index (χ4v) is 4.62. The summed E-state index contributed by atoms with van der Waals surface area (Å²) >= 11 is 6.05. The molecule has 1 aromatic rings. The standard InChI is InChI=1S/C19H31ClN4O2/c1-21-7-9-23(10-8-21)17-5-6-24(13-15(17)4-3-11-25)19(26)18-12-16(20)14-22(18)2/h12,14-15,17,25H,3-11,13H2,1-2H3. The lowest BCUT2D eigenvalue weighted by molar-refractivity contribution is 0.0214. The fraction of sp³-hybridized carbons (Fsp3) is 0.737. The van der Waals surface area contributed by atoms with E-state index in [0.717, 1.165) is 58.5 Å². The predicted molar refractivity (Wildman–Crippen MR) is 104 cm³/mol. The summed E-state index contributed by atoms with van der Waals surface area (Å²) in [5, 5.41) is 9.90. The second-order valence-corrected chi connectivity index (χ2v) is 8.16. The number of aliphatic hydroxyl groups excluding tert-OH is 1. The molecule has 3 rings (SSSR count). The molecule has 7 heteroatoms. The van der Waals surface area contributed by atoms with Crippen molar-refractivity contribution in [3.8, 4) is 0 Å². The quantitative estimate of drug-likeness (QED) is 0.839. The van der Waals surface area contributed by atoms with Crippen molar-refractivity contribution in [3.63, 3.8) is 0 Å². The Morgan fingerprint density at radius 3 is 2.58 bits per heavy atom. The summed E-state index contributed by atoms with van der Waals surface area (Å²) < 4.78 is 1.81. The molecule has 0 saturated carbocycles. The van der Waals surface area contributed by atoms with Gasteiger partial charge in [-0.2, -0.15) is 0 Å². The van der Waals surface area contributed by atoms with Gasteiger partial charge in [0, 0.05) is 65.2 Å². The van der Waals surface area contributed by atoms with Gasteiger partial charge in [-0.25, -0.2) is 0 Å². The summed E-state index contributed by atoms with van der Waals surface area (Å²) in [5.74, 6) is 0.476. The molecule has 1 aromatic heterocycles. The number of carbonyl (C=O) groups excluding carboxylic acids is 1. The van der Waals surface area contributed by atoms with Crippen molar-refractivity contribution < 1.29 is 9.90 Å². The number of likely N-dealkylation sites (N-methyl/N-ethyl adjacent to an activating group) is 1. The lowest BCUT2D eigenvalue weighted by Gasteiger charge is -2.46. The van der Waals surface area contributed by atoms with Crippen LogP contribution in [0, 0.1) is 5.92 Å². The highest BCUT2D eigenvalue weighted by Gasteiger charge is 2.36. The largest absolute Gasteiger partial charge is 0.396 e. The third kappa shape index (κ3) is 4.42. The molecule has 3 heterocycles. The molecule has 0 bridgehead atoms. The monoisotopic (exact) mass is 382 g/mol. The molecular weight excluding hydrogens is 352 g/mol. The zero-order valence-electron chi connectivity index (χ0n) is 15.9. The zero-order chi connectivity index (χ0) is 18.7. The number of aromatic nitrogens is 1. The Bertz CT molecular complexity index is 613. The van der Waals surface area contributed by atoms with E-state index in [4.69, 9.17) is 11.6 Å². The average Bonchev–Trinajstić information content (AvgIpc) is 2.98. The van der Waals surface area contributed by atoms with Gasteiger partial charge in [0.05, 0.1) is 5.02 Å². The lowest BCUT2D eigenvalue weighted by atomic mass is 9.86. The second kappa shape index (κ2) is 8.74. The molecule has 2 unspecified atom stereocenters. The normalized spacial score (nSPS) is 25.6. The molecule has 0 radical (unpaired) electrons. The number of aliphatic hydroxyl groups is 1. The molecule has 26 heavy (non-hydrogen) atoms. The maximum atomic E-state index is 13.0. The Morgan fingerprint density at radius 2 is 1.96 bits per heavy atom. The number of nitrogens with zero attached hydrogens (tertiary/aromatic N) is 4. The molecule has 0 aromatic carbocycles. The Kier molecular flexibility index (Phi) is 6.61. The third-order valence-corrected chi connectivity index (χ3v) is 6.12. The molecule has 1 amide bonds. The van der Waals surface area contributed by atoms with Crippen LogP contribution >= 0.6 is 11.6 Å². The van der Waals surface area contributed by atoms with E-state index in [1.807, 2.05) is 11.9 Å². The van der Waals surface area contributed by atoms with Crippen LogP contribution in [0.1, 0.15) is 29.8 Å². The second-order valence-electron chi connectivity index (χ2n) is 7.73. The van der Waals surface area contributed by atoms with Crippen LogP contribution < -0.4 is 0 Å². The molecule has 2 atom stereocenters. The maximum Gasteiger partial charge on any atom is 0.270 e. The zero-order valence-corrected chi connectivity index (χ0v) is 16.7. The van der Waals surface area contributed by atoms with Crippen molar-refractivity contribution in [2.75, 3.05) is 52.9 Å². The predicted octanol–water partition coefficient (Wildman–Crippen LogP) is 1.53. The van der Waals surface area contributed by atoms with E-state index < -0.39 is 0 Å². The van der Waals surface area contributed by atoms with E-state index >= 15 is 0 Å². The van der Waals surface area contributed by atoms with Crippen molar-refractivity contribution in [2.45, 2.75) is 25.3 Å². The number of halogens is 1. The molecule has 2 aliphatic rings. The minimum absolute atomic E-state index is 0.0604. The molecule has 146 valence electrons. The van der Waals surface area contributed by atoms with Gasteiger partial charge in [-0.1, -0.05) is 11.6 Å². The van der Waals surface area contributed by atoms with Crippen LogP contribution in [0.25, 0.3) is 0 Å². The van der Waals surface area contributed by atoms with Crippen LogP contribution in [0.3, 0.4) is 0 Å². The molecule has 0 spiro atoms. The van der Waals surface area contributed by atoms with Gasteiger partial charge in [0.15, 0.2) is 0 Å². The van der Waals surface area contributed by atoms with Crippen LogP contribution in [0.2, 0.25) is 5.02 Å². The van der Waals surface area contributed by atoms with Gasteiger partial charge >= 0.3 is 0 Å². The summed E-state index contributed by atoms with van der Waals surface area (Å²) in [6.07, 6.45) is 4.54. The first kappa shape index (κ1) is 19.7. The van der Waals surface area contributed by atoms with Crippen molar-refractivity contribution in [1.29, 1.82) is 0 Å². The molecule has 2 aliphatic heterocycles. The van der Waals surface area contributed by atoms with Gasteiger partial charge in [0.2, 0.25) is 0 Å². The van der Waals surface area contributed by atoms with Gasteiger partial charge in [0.25, 0.3) is 5.91 Å². The van der Waals surface area contributed by atoms with Crippen LogP contribution in [0.4, 0.5) is 0 Å². The number of likely N-dealkylation sites (tertiary alicyclic amines) is 1. The summed E-state index contributed by atoms with van der Waals surface area (Å²) in [5.41, 5.74) is 0.647. The number of piperazine rings is 1. The number of amides is 1. The molecule has 0 aliphatic carbocycles. The summed E-state index contributed by atoms with van der Waals surface area (Å²) in [6.45, 7) is 6.16. The maximum absolute atomic E-state index is 13.0. The van der Waals surface area contributed by atoms with Gasteiger partial charge in [-0.3, -0.25) is 9.69 Å². The minimum Gasteiger partial charge on any atom is -0.396 e. The van der Waals surface area contributed by atoms with Crippen molar-refractivity contribution in [1.82, 2.24) is 19.3 Å².